The summed E-state index contributed by atoms with van der Waals surface area (Å²) >= 11 is 5.90. The molecule has 2 unspecified atom stereocenters. The number of aliphatic carboxylic acids is 1. The second-order valence-electron chi connectivity index (χ2n) is 9.18. The molecule has 0 radical (unpaired) electrons. The van der Waals surface area contributed by atoms with E-state index in [1.54, 1.807) is 19.1 Å². The van der Waals surface area contributed by atoms with Gasteiger partial charge in [0.25, 0.3) is 0 Å². The topological polar surface area (TPSA) is 118 Å². The summed E-state index contributed by atoms with van der Waals surface area (Å²) in [6.07, 6.45) is 0.364. The maximum absolute atomic E-state index is 14.8. The molecule has 0 aliphatic carbocycles. The zero-order valence-corrected chi connectivity index (χ0v) is 20.5. The van der Waals surface area contributed by atoms with Crippen LogP contribution >= 0.6 is 11.6 Å². The number of hydrogen-bond acceptors (Lipinski definition) is 6. The maximum atomic E-state index is 14.8. The molecule has 36 heavy (non-hydrogen) atoms. The molecule has 11 heteroatoms. The Balaban J connectivity index is 1.54. The number of likely N-dealkylation sites (tertiary alicyclic amines) is 1. The van der Waals surface area contributed by atoms with Crippen molar-refractivity contribution in [1.29, 1.82) is 5.26 Å². The second kappa shape index (κ2) is 10.2. The Bertz CT molecular complexity index is 1340. The molecule has 1 aliphatic rings. The SMILES string of the molecule is Cc1[nH]nc(Nc2ccc(F)c(CC3(C(=O)O)CCN(Cc4cccc(Cl)c4F)C(C)C3)n2)c1C#N. The summed E-state index contributed by atoms with van der Waals surface area (Å²) in [4.78, 5) is 18.8. The first kappa shape index (κ1) is 25.5. The van der Waals surface area contributed by atoms with E-state index in [-0.39, 0.29) is 47.7 Å². The van der Waals surface area contributed by atoms with E-state index in [1.807, 2.05) is 17.9 Å². The third-order valence-corrected chi connectivity index (χ3v) is 7.07. The molecule has 4 rings (SSSR count). The predicted octanol–water partition coefficient (Wildman–Crippen LogP) is 4.96. The van der Waals surface area contributed by atoms with Gasteiger partial charge in [-0.15, -0.1) is 0 Å². The number of piperidine rings is 1. The lowest BCUT2D eigenvalue weighted by Gasteiger charge is -2.43. The van der Waals surface area contributed by atoms with Crippen molar-refractivity contribution in [2.24, 2.45) is 5.41 Å². The van der Waals surface area contributed by atoms with Crippen LogP contribution in [0.5, 0.6) is 0 Å². The minimum absolute atomic E-state index is 0.00898. The number of carboxylic acids is 1. The number of nitrogens with one attached hydrogen (secondary N) is 2. The van der Waals surface area contributed by atoms with Crippen molar-refractivity contribution >= 4 is 29.2 Å². The Morgan fingerprint density at radius 3 is 2.86 bits per heavy atom. The molecular formula is C25H25ClF2N6O2. The van der Waals surface area contributed by atoms with Crippen LogP contribution in [-0.4, -0.2) is 43.7 Å². The van der Waals surface area contributed by atoms with Crippen LogP contribution in [0, 0.1) is 35.3 Å². The number of nitriles is 1. The number of rotatable bonds is 7. The molecule has 0 saturated carbocycles. The molecule has 1 saturated heterocycles. The number of pyridine rings is 1. The summed E-state index contributed by atoms with van der Waals surface area (Å²) in [6.45, 7) is 4.26. The molecule has 0 bridgehead atoms. The summed E-state index contributed by atoms with van der Waals surface area (Å²) in [5.41, 5.74) is 0.0898. The van der Waals surface area contributed by atoms with Crippen LogP contribution in [0.15, 0.2) is 30.3 Å². The Morgan fingerprint density at radius 1 is 1.39 bits per heavy atom. The van der Waals surface area contributed by atoms with Gasteiger partial charge in [-0.3, -0.25) is 14.8 Å². The Labute approximate surface area is 211 Å². The lowest BCUT2D eigenvalue weighted by molar-refractivity contribution is -0.153. The lowest BCUT2D eigenvalue weighted by atomic mass is 9.72. The molecule has 0 spiro atoms. The number of carboxylic acid groups (broad SMARTS) is 1. The zero-order valence-electron chi connectivity index (χ0n) is 19.8. The largest absolute Gasteiger partial charge is 0.481 e. The first-order valence-corrected chi connectivity index (χ1v) is 11.8. The van der Waals surface area contributed by atoms with Gasteiger partial charge in [-0.2, -0.15) is 10.4 Å². The van der Waals surface area contributed by atoms with E-state index in [4.69, 9.17) is 11.6 Å². The van der Waals surface area contributed by atoms with Gasteiger partial charge in [0.05, 0.1) is 21.8 Å². The quantitative estimate of drug-likeness (QED) is 0.408. The molecule has 1 fully saturated rings. The van der Waals surface area contributed by atoms with Crippen molar-refractivity contribution in [2.75, 3.05) is 11.9 Å². The monoisotopic (exact) mass is 514 g/mol. The highest BCUT2D eigenvalue weighted by atomic mass is 35.5. The smallest absolute Gasteiger partial charge is 0.310 e. The Kier molecular flexibility index (Phi) is 7.24. The van der Waals surface area contributed by atoms with Crippen molar-refractivity contribution in [3.05, 3.63) is 69.5 Å². The van der Waals surface area contributed by atoms with E-state index < -0.39 is 23.0 Å². The van der Waals surface area contributed by atoms with Crippen LogP contribution in [0.4, 0.5) is 20.4 Å². The van der Waals surface area contributed by atoms with Crippen molar-refractivity contribution in [2.45, 2.75) is 45.7 Å². The Hall–Kier alpha value is -3.55. The summed E-state index contributed by atoms with van der Waals surface area (Å²) in [5.74, 6) is -1.63. The fraction of sp³-hybridized carbons (Fsp3) is 0.360. The fourth-order valence-corrected chi connectivity index (χ4v) is 4.90. The molecule has 0 amide bonds. The molecular weight excluding hydrogens is 490 g/mol. The van der Waals surface area contributed by atoms with Gasteiger partial charge >= 0.3 is 5.97 Å². The number of aromatic amines is 1. The number of nitrogens with zero attached hydrogens (tertiary/aromatic N) is 4. The van der Waals surface area contributed by atoms with Crippen LogP contribution in [0.3, 0.4) is 0 Å². The first-order valence-electron chi connectivity index (χ1n) is 11.4. The van der Waals surface area contributed by atoms with E-state index >= 15 is 0 Å². The number of hydrogen-bond donors (Lipinski definition) is 3. The number of carbonyl (C=O) groups is 1. The molecule has 3 aromatic rings. The minimum Gasteiger partial charge on any atom is -0.481 e. The average Bonchev–Trinajstić information content (AvgIpc) is 3.19. The zero-order chi connectivity index (χ0) is 26.0. The first-order chi connectivity index (χ1) is 17.1. The highest BCUT2D eigenvalue weighted by molar-refractivity contribution is 6.30. The molecule has 3 heterocycles. The second-order valence-corrected chi connectivity index (χ2v) is 9.59. The van der Waals surface area contributed by atoms with E-state index in [0.717, 1.165) is 0 Å². The average molecular weight is 515 g/mol. The standard InChI is InChI=1S/C25H25ClF2N6O2/c1-14-10-25(24(35)36,8-9-34(14)13-16-4-3-5-18(26)22(16)28)11-20-19(27)6-7-21(30-20)31-23-17(12-29)15(2)32-33-23/h3-7,14H,8-11,13H2,1-2H3,(H,35,36)(H2,30,31,32,33). The van der Waals surface area contributed by atoms with Crippen LogP contribution in [0.25, 0.3) is 0 Å². The van der Waals surface area contributed by atoms with Crippen LogP contribution in [0.2, 0.25) is 5.02 Å². The van der Waals surface area contributed by atoms with Gasteiger partial charge in [-0.05, 0) is 51.4 Å². The summed E-state index contributed by atoms with van der Waals surface area (Å²) < 4.78 is 29.2. The third-order valence-electron chi connectivity index (χ3n) is 6.78. The number of anilines is 2. The third kappa shape index (κ3) is 5.03. The highest BCUT2D eigenvalue weighted by Gasteiger charge is 2.45. The van der Waals surface area contributed by atoms with Gasteiger partial charge in [-0.25, -0.2) is 13.8 Å². The highest BCUT2D eigenvalue weighted by Crippen LogP contribution is 2.39. The van der Waals surface area contributed by atoms with Crippen LogP contribution < -0.4 is 5.32 Å². The normalized spacial score (nSPS) is 20.2. The van der Waals surface area contributed by atoms with E-state index in [2.05, 4.69) is 20.5 Å². The maximum Gasteiger partial charge on any atom is 0.310 e. The van der Waals surface area contributed by atoms with Crippen LogP contribution in [0.1, 0.15) is 42.3 Å². The van der Waals surface area contributed by atoms with Crippen molar-refractivity contribution < 1.29 is 18.7 Å². The number of H-pyrrole nitrogens is 1. The minimum atomic E-state index is -1.24. The lowest BCUT2D eigenvalue weighted by Crippen LogP contribution is -2.50. The van der Waals surface area contributed by atoms with Gasteiger partial charge in [0.1, 0.15) is 29.1 Å². The van der Waals surface area contributed by atoms with Crippen molar-refractivity contribution in [1.82, 2.24) is 20.1 Å². The number of benzene rings is 1. The molecule has 2 atom stereocenters. The Morgan fingerprint density at radius 2 is 2.17 bits per heavy atom. The van der Waals surface area contributed by atoms with E-state index in [1.165, 1.54) is 18.2 Å². The molecule has 8 nitrogen and oxygen atoms in total. The van der Waals surface area contributed by atoms with Gasteiger partial charge in [0.2, 0.25) is 0 Å². The van der Waals surface area contributed by atoms with Crippen molar-refractivity contribution in [3.8, 4) is 6.07 Å². The van der Waals surface area contributed by atoms with Gasteiger partial charge < -0.3 is 10.4 Å². The summed E-state index contributed by atoms with van der Waals surface area (Å²) in [6, 6.07) is 9.27. The number of aromatic nitrogens is 3. The molecule has 3 N–H and O–H groups in total. The van der Waals surface area contributed by atoms with Gasteiger partial charge in [0, 0.05) is 24.6 Å². The fourth-order valence-electron chi connectivity index (χ4n) is 4.71. The van der Waals surface area contributed by atoms with Crippen LogP contribution in [-0.2, 0) is 17.8 Å². The summed E-state index contributed by atoms with van der Waals surface area (Å²) in [5, 5.41) is 29.2. The van der Waals surface area contributed by atoms with E-state index in [0.29, 0.717) is 29.9 Å². The number of halogens is 3. The molecule has 2 aromatic heterocycles. The molecule has 1 aliphatic heterocycles. The molecule has 188 valence electrons. The summed E-state index contributed by atoms with van der Waals surface area (Å²) in [7, 11) is 0. The number of aryl methyl sites for hydroxylation is 1. The van der Waals surface area contributed by atoms with Gasteiger partial charge in [-0.1, -0.05) is 23.7 Å². The van der Waals surface area contributed by atoms with Gasteiger partial charge in [0.15, 0.2) is 5.82 Å². The predicted molar refractivity (Wildman–Crippen MR) is 130 cm³/mol. The van der Waals surface area contributed by atoms with E-state index in [9.17, 15) is 23.9 Å². The molecule has 1 aromatic carbocycles. The van der Waals surface area contributed by atoms with Crippen molar-refractivity contribution in [3.63, 3.8) is 0 Å².